The number of ketones is 1. The zero-order chi connectivity index (χ0) is 16.9. The molecule has 0 bridgehead atoms. The van der Waals surface area contributed by atoms with E-state index in [1.807, 2.05) is 12.1 Å². The molecule has 0 fully saturated rings. The van der Waals surface area contributed by atoms with Crippen LogP contribution in [-0.4, -0.2) is 37.4 Å². The first-order valence-corrected chi connectivity index (χ1v) is 7.78. The van der Waals surface area contributed by atoms with Crippen LogP contribution in [0, 0.1) is 0 Å². The number of benzene rings is 2. The van der Waals surface area contributed by atoms with Gasteiger partial charge >= 0.3 is 5.97 Å². The summed E-state index contributed by atoms with van der Waals surface area (Å²) in [6, 6.07) is 13.6. The number of ether oxygens (including phenoxy) is 2. The van der Waals surface area contributed by atoms with Crippen molar-refractivity contribution in [3.05, 3.63) is 70.8 Å². The molecule has 0 unspecified atom stereocenters. The van der Waals surface area contributed by atoms with Gasteiger partial charge < -0.3 is 9.47 Å². The SMILES string of the molecule is CCOC(=O)c1ccc(C(=O)c2ccc(C3=NCCO3)cc2)cc1. The van der Waals surface area contributed by atoms with Crippen molar-refractivity contribution in [1.29, 1.82) is 0 Å². The Balaban J connectivity index is 1.75. The molecule has 1 heterocycles. The first-order valence-electron chi connectivity index (χ1n) is 7.78. The number of carbonyl (C=O) groups excluding carboxylic acids is 2. The van der Waals surface area contributed by atoms with Crippen molar-refractivity contribution in [2.45, 2.75) is 6.92 Å². The van der Waals surface area contributed by atoms with Gasteiger partial charge in [-0.2, -0.15) is 0 Å². The third kappa shape index (κ3) is 3.35. The highest BCUT2D eigenvalue weighted by molar-refractivity contribution is 6.09. The molecule has 5 heteroatoms. The molecule has 0 radical (unpaired) electrons. The van der Waals surface area contributed by atoms with E-state index in [0.717, 1.165) is 5.56 Å². The maximum atomic E-state index is 12.5. The molecule has 5 nitrogen and oxygen atoms in total. The normalized spacial score (nSPS) is 13.1. The lowest BCUT2D eigenvalue weighted by atomic mass is 10.0. The summed E-state index contributed by atoms with van der Waals surface area (Å²) in [6.07, 6.45) is 0. The molecule has 0 spiro atoms. The van der Waals surface area contributed by atoms with Crippen molar-refractivity contribution >= 4 is 17.7 Å². The van der Waals surface area contributed by atoms with Crippen molar-refractivity contribution in [3.8, 4) is 0 Å². The Labute approximate surface area is 139 Å². The molecule has 122 valence electrons. The third-order valence-electron chi connectivity index (χ3n) is 3.64. The van der Waals surface area contributed by atoms with Gasteiger partial charge in [0.1, 0.15) is 6.61 Å². The van der Waals surface area contributed by atoms with E-state index in [2.05, 4.69) is 4.99 Å². The van der Waals surface area contributed by atoms with E-state index >= 15 is 0 Å². The molecule has 2 aromatic rings. The fraction of sp³-hybridized carbons (Fsp3) is 0.211. The second kappa shape index (κ2) is 7.08. The van der Waals surface area contributed by atoms with E-state index in [4.69, 9.17) is 9.47 Å². The molecule has 24 heavy (non-hydrogen) atoms. The van der Waals surface area contributed by atoms with Crippen LogP contribution < -0.4 is 0 Å². The highest BCUT2D eigenvalue weighted by Gasteiger charge is 2.14. The van der Waals surface area contributed by atoms with Gasteiger partial charge in [0.25, 0.3) is 0 Å². The van der Waals surface area contributed by atoms with Gasteiger partial charge in [-0.3, -0.25) is 4.79 Å². The van der Waals surface area contributed by atoms with Gasteiger partial charge in [0.2, 0.25) is 5.90 Å². The average molecular weight is 323 g/mol. The van der Waals surface area contributed by atoms with Gasteiger partial charge in [0.15, 0.2) is 5.78 Å². The van der Waals surface area contributed by atoms with Crippen LogP contribution in [0.4, 0.5) is 0 Å². The number of carbonyl (C=O) groups is 2. The standard InChI is InChI=1S/C19H17NO4/c1-2-23-19(22)16-9-5-14(6-10-16)17(21)13-3-7-15(8-4-13)18-20-11-12-24-18/h3-10H,2,11-12H2,1H3. The van der Waals surface area contributed by atoms with E-state index in [-0.39, 0.29) is 5.78 Å². The number of aliphatic imine (C=N–C) groups is 1. The van der Waals surface area contributed by atoms with E-state index in [1.165, 1.54) is 0 Å². The van der Waals surface area contributed by atoms with Crippen LogP contribution >= 0.6 is 0 Å². The maximum absolute atomic E-state index is 12.5. The molecular formula is C19H17NO4. The summed E-state index contributed by atoms with van der Waals surface area (Å²) < 4.78 is 10.3. The number of hydrogen-bond acceptors (Lipinski definition) is 5. The van der Waals surface area contributed by atoms with Crippen molar-refractivity contribution in [1.82, 2.24) is 0 Å². The van der Waals surface area contributed by atoms with Crippen LogP contribution in [0.5, 0.6) is 0 Å². The quantitative estimate of drug-likeness (QED) is 0.627. The molecule has 0 aromatic heterocycles. The van der Waals surface area contributed by atoms with Gasteiger partial charge in [0.05, 0.1) is 18.7 Å². The molecule has 0 saturated carbocycles. The highest BCUT2D eigenvalue weighted by atomic mass is 16.5. The van der Waals surface area contributed by atoms with E-state index in [9.17, 15) is 9.59 Å². The molecule has 0 saturated heterocycles. The van der Waals surface area contributed by atoms with Crippen LogP contribution in [0.2, 0.25) is 0 Å². The highest BCUT2D eigenvalue weighted by Crippen LogP contribution is 2.15. The molecule has 0 atom stereocenters. The lowest BCUT2D eigenvalue weighted by molar-refractivity contribution is 0.0526. The Morgan fingerprint density at radius 3 is 2.12 bits per heavy atom. The van der Waals surface area contributed by atoms with Crippen molar-refractivity contribution in [2.24, 2.45) is 4.99 Å². The Kier molecular flexibility index (Phi) is 4.70. The lowest BCUT2D eigenvalue weighted by Gasteiger charge is -2.05. The predicted octanol–water partition coefficient (Wildman–Crippen LogP) is 2.87. The lowest BCUT2D eigenvalue weighted by Crippen LogP contribution is -2.07. The monoisotopic (exact) mass is 323 g/mol. The van der Waals surface area contributed by atoms with E-state index < -0.39 is 5.97 Å². The average Bonchev–Trinajstić information content (AvgIpc) is 3.16. The largest absolute Gasteiger partial charge is 0.476 e. The van der Waals surface area contributed by atoms with Crippen LogP contribution in [0.15, 0.2) is 53.5 Å². The van der Waals surface area contributed by atoms with Crippen molar-refractivity contribution in [2.75, 3.05) is 19.8 Å². The second-order valence-corrected chi connectivity index (χ2v) is 5.24. The van der Waals surface area contributed by atoms with Crippen LogP contribution in [0.25, 0.3) is 0 Å². The van der Waals surface area contributed by atoms with Crippen molar-refractivity contribution < 1.29 is 19.1 Å². The van der Waals surface area contributed by atoms with Gasteiger partial charge in [0, 0.05) is 16.7 Å². The Morgan fingerprint density at radius 2 is 1.58 bits per heavy atom. The van der Waals surface area contributed by atoms with Crippen molar-refractivity contribution in [3.63, 3.8) is 0 Å². The van der Waals surface area contributed by atoms with E-state index in [0.29, 0.717) is 42.3 Å². The Hall–Kier alpha value is -2.95. The first-order chi connectivity index (χ1) is 11.7. The summed E-state index contributed by atoms with van der Waals surface area (Å²) in [5.74, 6) is 0.122. The van der Waals surface area contributed by atoms with Crippen LogP contribution in [0.1, 0.15) is 38.8 Å². The molecule has 0 N–H and O–H groups in total. The summed E-state index contributed by atoms with van der Waals surface area (Å²) in [6.45, 7) is 3.34. The first kappa shape index (κ1) is 15.9. The second-order valence-electron chi connectivity index (χ2n) is 5.24. The minimum Gasteiger partial charge on any atom is -0.476 e. The fourth-order valence-electron chi connectivity index (χ4n) is 2.41. The number of esters is 1. The predicted molar refractivity (Wildman–Crippen MR) is 89.6 cm³/mol. The fourth-order valence-corrected chi connectivity index (χ4v) is 2.41. The molecule has 1 aliphatic heterocycles. The molecule has 2 aromatic carbocycles. The summed E-state index contributed by atoms with van der Waals surface area (Å²) >= 11 is 0. The Bertz CT molecular complexity index is 776. The Morgan fingerprint density at radius 1 is 1.00 bits per heavy atom. The maximum Gasteiger partial charge on any atom is 0.338 e. The molecule has 3 rings (SSSR count). The summed E-state index contributed by atoms with van der Waals surface area (Å²) in [5, 5.41) is 0. The minimum atomic E-state index is -0.391. The number of hydrogen-bond donors (Lipinski definition) is 0. The molecule has 0 amide bonds. The van der Waals surface area contributed by atoms with Gasteiger partial charge in [-0.1, -0.05) is 24.3 Å². The van der Waals surface area contributed by atoms with Gasteiger partial charge in [-0.25, -0.2) is 9.79 Å². The van der Waals surface area contributed by atoms with E-state index in [1.54, 1.807) is 43.3 Å². The topological polar surface area (TPSA) is 65.0 Å². The zero-order valence-corrected chi connectivity index (χ0v) is 13.3. The number of nitrogens with zero attached hydrogens (tertiary/aromatic N) is 1. The summed E-state index contributed by atoms with van der Waals surface area (Å²) in [7, 11) is 0. The number of rotatable bonds is 5. The molecule has 0 aliphatic carbocycles. The minimum absolute atomic E-state index is 0.105. The molecule has 1 aliphatic rings. The van der Waals surface area contributed by atoms with Gasteiger partial charge in [-0.05, 0) is 31.2 Å². The summed E-state index contributed by atoms with van der Waals surface area (Å²) in [5.41, 5.74) is 2.38. The zero-order valence-electron chi connectivity index (χ0n) is 13.3. The smallest absolute Gasteiger partial charge is 0.338 e. The summed E-state index contributed by atoms with van der Waals surface area (Å²) in [4.78, 5) is 28.4. The van der Waals surface area contributed by atoms with Crippen LogP contribution in [-0.2, 0) is 9.47 Å². The molecular weight excluding hydrogens is 306 g/mol. The third-order valence-corrected chi connectivity index (χ3v) is 3.64. The van der Waals surface area contributed by atoms with Gasteiger partial charge in [-0.15, -0.1) is 0 Å². The van der Waals surface area contributed by atoms with Crippen LogP contribution in [0.3, 0.4) is 0 Å².